The van der Waals surface area contributed by atoms with Gasteiger partial charge in [0.15, 0.2) is 6.61 Å². The number of ketones is 1. The van der Waals surface area contributed by atoms with Gasteiger partial charge in [0.05, 0.1) is 21.1 Å². The minimum atomic E-state index is -0.913. The summed E-state index contributed by atoms with van der Waals surface area (Å²) in [6, 6.07) is 15.9. The molecule has 0 heterocycles. The molecule has 3 aromatic carbocycles. The number of non-ortho nitro benzene ring substituents is 2. The standard InChI is InChI=1S/C22H15N3O8/c26-20(14-5-3-7-16(11-14)24(29)30)13-33-22(28)18-9-1-2-10-19(18)23-21(27)15-6-4-8-17(12-15)25(31)32/h1-12H,13H2,(H,23,27). The van der Waals surface area contributed by atoms with E-state index in [2.05, 4.69) is 5.32 Å². The van der Waals surface area contributed by atoms with Gasteiger partial charge in [0.1, 0.15) is 0 Å². The van der Waals surface area contributed by atoms with Crippen LogP contribution in [0.25, 0.3) is 0 Å². The average Bonchev–Trinajstić information content (AvgIpc) is 2.82. The van der Waals surface area contributed by atoms with Gasteiger partial charge in [-0.3, -0.25) is 29.8 Å². The molecule has 0 aliphatic heterocycles. The van der Waals surface area contributed by atoms with Gasteiger partial charge in [-0.25, -0.2) is 4.79 Å². The van der Waals surface area contributed by atoms with Crippen LogP contribution < -0.4 is 5.32 Å². The molecule has 3 aromatic rings. The molecule has 0 aliphatic carbocycles. The van der Waals surface area contributed by atoms with Crippen LogP contribution in [0.4, 0.5) is 17.1 Å². The molecule has 1 amide bonds. The molecule has 0 spiro atoms. The molecule has 0 unspecified atom stereocenters. The van der Waals surface area contributed by atoms with Crippen molar-refractivity contribution in [3.8, 4) is 0 Å². The molecule has 0 fully saturated rings. The lowest BCUT2D eigenvalue weighted by Crippen LogP contribution is -2.18. The Kier molecular flexibility index (Phi) is 6.84. The first-order chi connectivity index (χ1) is 15.8. The van der Waals surface area contributed by atoms with Crippen LogP contribution in [0.15, 0.2) is 72.8 Å². The van der Waals surface area contributed by atoms with Gasteiger partial charge in [0.25, 0.3) is 17.3 Å². The molecule has 33 heavy (non-hydrogen) atoms. The van der Waals surface area contributed by atoms with Crippen molar-refractivity contribution in [2.75, 3.05) is 11.9 Å². The van der Waals surface area contributed by atoms with Crippen LogP contribution in [0.3, 0.4) is 0 Å². The average molecular weight is 449 g/mol. The van der Waals surface area contributed by atoms with E-state index in [4.69, 9.17) is 4.74 Å². The van der Waals surface area contributed by atoms with E-state index in [0.29, 0.717) is 0 Å². The molecule has 11 heteroatoms. The van der Waals surface area contributed by atoms with E-state index in [1.165, 1.54) is 54.6 Å². The molecule has 0 bridgehead atoms. The number of rotatable bonds is 8. The maximum atomic E-state index is 12.5. The normalized spacial score (nSPS) is 10.2. The lowest BCUT2D eigenvalue weighted by Gasteiger charge is -2.11. The summed E-state index contributed by atoms with van der Waals surface area (Å²) in [6.45, 7) is -0.673. The summed E-state index contributed by atoms with van der Waals surface area (Å²) in [4.78, 5) is 57.8. The second-order valence-electron chi connectivity index (χ2n) is 6.61. The van der Waals surface area contributed by atoms with Gasteiger partial charge in [-0.15, -0.1) is 0 Å². The van der Waals surface area contributed by atoms with Crippen molar-refractivity contribution in [2.45, 2.75) is 0 Å². The Morgan fingerprint density at radius 2 is 1.36 bits per heavy atom. The highest BCUT2D eigenvalue weighted by Crippen LogP contribution is 2.20. The maximum absolute atomic E-state index is 12.5. The van der Waals surface area contributed by atoms with Gasteiger partial charge in [0.2, 0.25) is 5.78 Å². The second-order valence-corrected chi connectivity index (χ2v) is 6.61. The van der Waals surface area contributed by atoms with E-state index < -0.39 is 34.1 Å². The fraction of sp³-hybridized carbons (Fsp3) is 0.0455. The van der Waals surface area contributed by atoms with Crippen LogP contribution in [0, 0.1) is 20.2 Å². The van der Waals surface area contributed by atoms with E-state index >= 15 is 0 Å². The summed E-state index contributed by atoms with van der Waals surface area (Å²) >= 11 is 0. The molecule has 11 nitrogen and oxygen atoms in total. The largest absolute Gasteiger partial charge is 0.454 e. The number of esters is 1. The molecule has 1 N–H and O–H groups in total. The van der Waals surface area contributed by atoms with Crippen molar-refractivity contribution in [1.82, 2.24) is 0 Å². The van der Waals surface area contributed by atoms with Crippen molar-refractivity contribution < 1.29 is 29.0 Å². The molecule has 0 aliphatic rings. The Morgan fingerprint density at radius 3 is 2.00 bits per heavy atom. The van der Waals surface area contributed by atoms with Crippen LogP contribution in [-0.4, -0.2) is 34.1 Å². The monoisotopic (exact) mass is 449 g/mol. The molecule has 0 radical (unpaired) electrons. The third-order valence-electron chi connectivity index (χ3n) is 4.43. The van der Waals surface area contributed by atoms with Crippen molar-refractivity contribution >= 4 is 34.7 Å². The zero-order chi connectivity index (χ0) is 24.0. The number of nitrogens with one attached hydrogen (secondary N) is 1. The molecule has 0 saturated carbocycles. The highest BCUT2D eigenvalue weighted by atomic mass is 16.6. The SMILES string of the molecule is O=C(COC(=O)c1ccccc1NC(=O)c1cccc([N+](=O)[O-])c1)c1cccc([N+](=O)[O-])c1. The van der Waals surface area contributed by atoms with E-state index in [9.17, 15) is 34.6 Å². The number of hydrogen-bond donors (Lipinski definition) is 1. The van der Waals surface area contributed by atoms with Crippen LogP contribution in [-0.2, 0) is 4.74 Å². The quantitative estimate of drug-likeness (QED) is 0.235. The topological polar surface area (TPSA) is 159 Å². The van der Waals surface area contributed by atoms with Crippen molar-refractivity contribution in [1.29, 1.82) is 0 Å². The number of para-hydroxylation sites is 1. The Labute approximate surface area is 185 Å². The molecule has 0 atom stereocenters. The Hall–Kier alpha value is -4.93. The van der Waals surface area contributed by atoms with E-state index in [-0.39, 0.29) is 33.8 Å². The van der Waals surface area contributed by atoms with Crippen LogP contribution >= 0.6 is 0 Å². The van der Waals surface area contributed by atoms with Gasteiger partial charge < -0.3 is 10.1 Å². The zero-order valence-corrected chi connectivity index (χ0v) is 16.8. The number of anilines is 1. The van der Waals surface area contributed by atoms with Gasteiger partial charge >= 0.3 is 5.97 Å². The van der Waals surface area contributed by atoms with E-state index in [1.807, 2.05) is 0 Å². The lowest BCUT2D eigenvalue weighted by atomic mass is 10.1. The zero-order valence-electron chi connectivity index (χ0n) is 16.8. The minimum Gasteiger partial charge on any atom is -0.454 e. The number of ether oxygens (including phenoxy) is 1. The first kappa shape index (κ1) is 22.7. The van der Waals surface area contributed by atoms with Crippen LogP contribution in [0.1, 0.15) is 31.1 Å². The number of benzene rings is 3. The van der Waals surface area contributed by atoms with Crippen LogP contribution in [0.5, 0.6) is 0 Å². The van der Waals surface area contributed by atoms with Crippen LogP contribution in [0.2, 0.25) is 0 Å². The maximum Gasteiger partial charge on any atom is 0.340 e. The molecule has 166 valence electrons. The molecule has 0 aromatic heterocycles. The summed E-state index contributed by atoms with van der Waals surface area (Å²) in [6.07, 6.45) is 0. The summed E-state index contributed by atoms with van der Waals surface area (Å²) in [5, 5.41) is 24.2. The first-order valence-electron chi connectivity index (χ1n) is 9.36. The molecular weight excluding hydrogens is 434 g/mol. The lowest BCUT2D eigenvalue weighted by molar-refractivity contribution is -0.385. The highest BCUT2D eigenvalue weighted by molar-refractivity contribution is 6.08. The number of Topliss-reactive ketones (excluding diaryl/α,β-unsaturated/α-hetero) is 1. The predicted octanol–water partition coefficient (Wildman–Crippen LogP) is 3.80. The first-order valence-corrected chi connectivity index (χ1v) is 9.36. The fourth-order valence-electron chi connectivity index (χ4n) is 2.81. The number of hydrogen-bond acceptors (Lipinski definition) is 8. The van der Waals surface area contributed by atoms with Crippen molar-refractivity contribution in [2.24, 2.45) is 0 Å². The van der Waals surface area contributed by atoms with Crippen molar-refractivity contribution in [3.05, 3.63) is 110 Å². The fourth-order valence-corrected chi connectivity index (χ4v) is 2.81. The summed E-state index contributed by atoms with van der Waals surface area (Å²) in [7, 11) is 0. The van der Waals surface area contributed by atoms with E-state index in [1.54, 1.807) is 6.07 Å². The second kappa shape index (κ2) is 9.92. The molecule has 0 saturated heterocycles. The number of carbonyl (C=O) groups is 3. The summed E-state index contributed by atoms with van der Waals surface area (Å²) < 4.78 is 5.02. The molecule has 3 rings (SSSR count). The third-order valence-corrected chi connectivity index (χ3v) is 4.43. The third kappa shape index (κ3) is 5.61. The number of amides is 1. The number of nitro groups is 2. The predicted molar refractivity (Wildman–Crippen MR) is 115 cm³/mol. The van der Waals surface area contributed by atoms with Gasteiger partial charge in [-0.05, 0) is 18.2 Å². The highest BCUT2D eigenvalue weighted by Gasteiger charge is 2.19. The summed E-state index contributed by atoms with van der Waals surface area (Å²) in [5.74, 6) is -2.25. The van der Waals surface area contributed by atoms with Gasteiger partial charge in [0, 0.05) is 35.4 Å². The van der Waals surface area contributed by atoms with E-state index in [0.717, 1.165) is 12.1 Å². The minimum absolute atomic E-state index is 0.00394. The smallest absolute Gasteiger partial charge is 0.340 e. The Balaban J connectivity index is 1.71. The Bertz CT molecular complexity index is 1270. The number of nitrogens with zero attached hydrogens (tertiary/aromatic N) is 2. The summed E-state index contributed by atoms with van der Waals surface area (Å²) in [5.41, 5.74) is -0.515. The number of nitro benzene ring substituents is 2. The number of carbonyl (C=O) groups excluding carboxylic acids is 3. The van der Waals surface area contributed by atoms with Gasteiger partial charge in [-0.1, -0.05) is 30.3 Å². The molecular formula is C22H15N3O8. The Morgan fingerprint density at radius 1 is 0.788 bits per heavy atom. The van der Waals surface area contributed by atoms with Gasteiger partial charge in [-0.2, -0.15) is 0 Å². The van der Waals surface area contributed by atoms with Crippen molar-refractivity contribution in [3.63, 3.8) is 0 Å².